The quantitative estimate of drug-likeness (QED) is 0.416. The van der Waals surface area contributed by atoms with Crippen LogP contribution in [0.15, 0.2) is 72.9 Å². The molecule has 0 aliphatic heterocycles. The maximum atomic E-state index is 13.6. The van der Waals surface area contributed by atoms with E-state index < -0.39 is 21.8 Å². The predicted octanol–water partition coefficient (Wildman–Crippen LogP) is 5.70. The number of hydrogen-bond acceptors (Lipinski definition) is 3. The second-order valence-corrected chi connectivity index (χ2v) is 9.04. The van der Waals surface area contributed by atoms with Gasteiger partial charge in [0, 0.05) is 17.3 Å². The van der Waals surface area contributed by atoms with Crippen molar-refractivity contribution < 1.29 is 26.3 Å². The smallest absolute Gasteiger partial charge is 0.417 e. The molecular weight excluding hydrogens is 441 g/mol. The van der Waals surface area contributed by atoms with E-state index >= 15 is 0 Å². The number of benzene rings is 3. The Labute approximate surface area is 183 Å². The Kier molecular flexibility index (Phi) is 5.37. The molecule has 0 bridgehead atoms. The van der Waals surface area contributed by atoms with Gasteiger partial charge in [-0.25, -0.2) is 8.42 Å². The number of hydrogen-bond donors (Lipinski definition) is 1. The van der Waals surface area contributed by atoms with Crippen LogP contribution in [-0.4, -0.2) is 26.4 Å². The minimum Gasteiger partial charge on any atom is -0.497 e. The molecule has 1 N–H and O–H groups in total. The molecule has 3 aromatic carbocycles. The van der Waals surface area contributed by atoms with E-state index in [4.69, 9.17) is 4.74 Å². The summed E-state index contributed by atoms with van der Waals surface area (Å²) < 4.78 is 73.4. The van der Waals surface area contributed by atoms with Crippen LogP contribution in [0.1, 0.15) is 5.56 Å². The van der Waals surface area contributed by atoms with Crippen LogP contribution in [-0.2, 0) is 16.2 Å². The number of anilines is 1. The lowest BCUT2D eigenvalue weighted by Gasteiger charge is -2.16. The van der Waals surface area contributed by atoms with Crippen molar-refractivity contribution in [1.82, 2.24) is 4.57 Å². The summed E-state index contributed by atoms with van der Waals surface area (Å²) in [6.45, 7) is 0. The number of fused-ring (bicyclic) bond motifs is 1. The summed E-state index contributed by atoms with van der Waals surface area (Å²) in [5.74, 6) is 0.321. The first-order chi connectivity index (χ1) is 15.0. The van der Waals surface area contributed by atoms with Crippen LogP contribution in [0.25, 0.3) is 27.7 Å². The molecule has 0 aliphatic rings. The molecular formula is C23H19F3N2O3S. The first-order valence-electron chi connectivity index (χ1n) is 9.50. The molecule has 1 aromatic heterocycles. The molecule has 1 heterocycles. The lowest BCUT2D eigenvalue weighted by molar-refractivity contribution is -0.137. The van der Waals surface area contributed by atoms with E-state index in [0.29, 0.717) is 28.2 Å². The summed E-state index contributed by atoms with van der Waals surface area (Å²) in [6.07, 6.45) is -1.68. The van der Waals surface area contributed by atoms with Crippen LogP contribution < -0.4 is 9.46 Å². The number of nitrogens with zero attached hydrogens (tertiary/aromatic N) is 1. The van der Waals surface area contributed by atoms with Crippen molar-refractivity contribution in [3.8, 4) is 22.6 Å². The van der Waals surface area contributed by atoms with Crippen molar-refractivity contribution in [2.75, 3.05) is 18.1 Å². The molecule has 5 nitrogen and oxygen atoms in total. The highest BCUT2D eigenvalue weighted by molar-refractivity contribution is 7.92. The molecule has 9 heteroatoms. The van der Waals surface area contributed by atoms with Crippen LogP contribution in [0.2, 0.25) is 0 Å². The van der Waals surface area contributed by atoms with E-state index in [1.165, 1.54) is 19.2 Å². The van der Waals surface area contributed by atoms with E-state index in [9.17, 15) is 21.6 Å². The highest BCUT2D eigenvalue weighted by Crippen LogP contribution is 2.39. The van der Waals surface area contributed by atoms with Gasteiger partial charge in [-0.05, 0) is 59.7 Å². The third kappa shape index (κ3) is 4.43. The van der Waals surface area contributed by atoms with Crippen molar-refractivity contribution in [1.29, 1.82) is 0 Å². The van der Waals surface area contributed by atoms with Crippen LogP contribution >= 0.6 is 0 Å². The van der Waals surface area contributed by atoms with Gasteiger partial charge in [-0.1, -0.05) is 18.2 Å². The molecule has 4 aromatic rings. The number of aromatic nitrogens is 1. The molecule has 0 spiro atoms. The van der Waals surface area contributed by atoms with Crippen molar-refractivity contribution >= 4 is 26.6 Å². The Balaban J connectivity index is 1.85. The van der Waals surface area contributed by atoms with E-state index in [2.05, 4.69) is 4.72 Å². The van der Waals surface area contributed by atoms with Crippen LogP contribution in [0.3, 0.4) is 0 Å². The maximum absolute atomic E-state index is 13.6. The summed E-state index contributed by atoms with van der Waals surface area (Å²) in [5, 5.41) is 0.854. The number of alkyl halides is 3. The zero-order chi connectivity index (χ0) is 23.1. The van der Waals surface area contributed by atoms with E-state index in [0.717, 1.165) is 17.7 Å². The summed E-state index contributed by atoms with van der Waals surface area (Å²) in [4.78, 5) is 0. The molecule has 0 saturated carbocycles. The SMILES string of the molecule is COc1ccc(C(F)(F)F)c(-c2cccc(-n3ccc4ccc(NS(C)(=O)=O)cc43)c2)c1. The molecule has 0 aliphatic carbocycles. The average molecular weight is 460 g/mol. The number of rotatable bonds is 5. The molecule has 4 rings (SSSR count). The van der Waals surface area contributed by atoms with Crippen LogP contribution in [0, 0.1) is 0 Å². The fraction of sp³-hybridized carbons (Fsp3) is 0.130. The fourth-order valence-corrected chi connectivity index (χ4v) is 4.15. The molecule has 0 radical (unpaired) electrons. The monoisotopic (exact) mass is 460 g/mol. The largest absolute Gasteiger partial charge is 0.497 e. The summed E-state index contributed by atoms with van der Waals surface area (Å²) in [5.41, 5.74) is 1.36. The number of methoxy groups -OCH3 is 1. The molecule has 166 valence electrons. The van der Waals surface area contributed by atoms with Crippen molar-refractivity contribution in [3.63, 3.8) is 0 Å². The molecule has 32 heavy (non-hydrogen) atoms. The third-order valence-corrected chi connectivity index (χ3v) is 5.57. The molecule has 0 unspecified atom stereocenters. The lowest BCUT2D eigenvalue weighted by atomic mass is 9.98. The van der Waals surface area contributed by atoms with Gasteiger partial charge in [0.25, 0.3) is 0 Å². The highest BCUT2D eigenvalue weighted by Gasteiger charge is 2.34. The van der Waals surface area contributed by atoms with Crippen molar-refractivity contribution in [2.45, 2.75) is 6.18 Å². The van der Waals surface area contributed by atoms with E-state index in [-0.39, 0.29) is 5.56 Å². The van der Waals surface area contributed by atoms with Gasteiger partial charge in [0.1, 0.15) is 5.75 Å². The predicted molar refractivity (Wildman–Crippen MR) is 119 cm³/mol. The molecule has 0 fully saturated rings. The molecule has 0 atom stereocenters. The zero-order valence-electron chi connectivity index (χ0n) is 17.1. The fourth-order valence-electron chi connectivity index (χ4n) is 3.59. The minimum atomic E-state index is -4.52. The topological polar surface area (TPSA) is 60.3 Å². The first kappa shape index (κ1) is 21.8. The maximum Gasteiger partial charge on any atom is 0.417 e. The van der Waals surface area contributed by atoms with Gasteiger partial charge in [0.2, 0.25) is 10.0 Å². The van der Waals surface area contributed by atoms with E-state index in [1.54, 1.807) is 53.2 Å². The Morgan fingerprint density at radius 3 is 2.44 bits per heavy atom. The number of sulfonamides is 1. The van der Waals surface area contributed by atoms with Crippen LogP contribution in [0.4, 0.5) is 18.9 Å². The van der Waals surface area contributed by atoms with E-state index in [1.807, 2.05) is 6.07 Å². The Morgan fingerprint density at radius 1 is 0.969 bits per heavy atom. The second-order valence-electron chi connectivity index (χ2n) is 7.29. The summed E-state index contributed by atoms with van der Waals surface area (Å²) in [6, 6.07) is 17.3. The first-order valence-corrected chi connectivity index (χ1v) is 11.4. The standard InChI is InChI=1S/C23H19F3N2O3S/c1-31-19-8-9-21(23(24,25)26)20(14-19)16-4-3-5-18(12-16)28-11-10-15-6-7-17(13-22(15)28)27-32(2,29)30/h3-14,27H,1-2H3. The second kappa shape index (κ2) is 7.90. The van der Waals surface area contributed by atoms with Gasteiger partial charge < -0.3 is 9.30 Å². The van der Waals surface area contributed by atoms with Crippen molar-refractivity contribution in [3.05, 3.63) is 78.5 Å². The zero-order valence-corrected chi connectivity index (χ0v) is 18.0. The summed E-state index contributed by atoms with van der Waals surface area (Å²) in [7, 11) is -2.05. The van der Waals surface area contributed by atoms with Gasteiger partial charge in [-0.3, -0.25) is 4.72 Å². The Morgan fingerprint density at radius 2 is 1.75 bits per heavy atom. The Bertz CT molecular complexity index is 1410. The van der Waals surface area contributed by atoms with Gasteiger partial charge in [-0.15, -0.1) is 0 Å². The number of nitrogens with one attached hydrogen (secondary N) is 1. The third-order valence-electron chi connectivity index (χ3n) is 4.96. The van der Waals surface area contributed by atoms with Gasteiger partial charge >= 0.3 is 6.18 Å². The lowest BCUT2D eigenvalue weighted by Crippen LogP contribution is -2.09. The van der Waals surface area contributed by atoms with Gasteiger partial charge in [0.15, 0.2) is 0 Å². The average Bonchev–Trinajstić information content (AvgIpc) is 3.15. The Hall–Kier alpha value is -3.46. The minimum absolute atomic E-state index is 0.00888. The molecule has 0 saturated heterocycles. The summed E-state index contributed by atoms with van der Waals surface area (Å²) >= 11 is 0. The molecule has 0 amide bonds. The van der Waals surface area contributed by atoms with Crippen LogP contribution in [0.5, 0.6) is 5.75 Å². The van der Waals surface area contributed by atoms with Gasteiger partial charge in [0.05, 0.1) is 30.1 Å². The van der Waals surface area contributed by atoms with Crippen molar-refractivity contribution in [2.24, 2.45) is 0 Å². The normalized spacial score (nSPS) is 12.2. The van der Waals surface area contributed by atoms with Gasteiger partial charge in [-0.2, -0.15) is 13.2 Å². The highest BCUT2D eigenvalue weighted by atomic mass is 32.2. The number of ether oxygens (including phenoxy) is 1. The number of halogens is 3.